The van der Waals surface area contributed by atoms with E-state index in [4.69, 9.17) is 14.2 Å². The van der Waals surface area contributed by atoms with Gasteiger partial charge in [-0.15, -0.1) is 0 Å². The zero-order chi connectivity index (χ0) is 27.4. The van der Waals surface area contributed by atoms with Gasteiger partial charge in [-0.05, 0) is 55.0 Å². The van der Waals surface area contributed by atoms with E-state index >= 15 is 0 Å². The first kappa shape index (κ1) is 26.5. The highest BCUT2D eigenvalue weighted by Crippen LogP contribution is 2.47. The topological polar surface area (TPSA) is 118 Å². The summed E-state index contributed by atoms with van der Waals surface area (Å²) in [7, 11) is 1.57. The monoisotopic (exact) mass is 535 g/mol. The first-order chi connectivity index (χ1) is 18.9. The predicted molar refractivity (Wildman–Crippen MR) is 142 cm³/mol. The minimum absolute atomic E-state index is 0.0612. The Bertz CT molecular complexity index is 1330. The molecule has 4 atom stereocenters. The molecule has 2 aliphatic heterocycles. The highest BCUT2D eigenvalue weighted by molar-refractivity contribution is 5.99. The van der Waals surface area contributed by atoms with Crippen molar-refractivity contribution in [3.63, 3.8) is 0 Å². The van der Waals surface area contributed by atoms with Gasteiger partial charge in [0.25, 0.3) is 0 Å². The Morgan fingerprint density at radius 2 is 1.79 bits per heavy atom. The molecule has 0 aromatic heterocycles. The van der Waals surface area contributed by atoms with Gasteiger partial charge in [0.15, 0.2) is 0 Å². The van der Waals surface area contributed by atoms with Gasteiger partial charge in [-0.1, -0.05) is 18.2 Å². The van der Waals surface area contributed by atoms with Crippen molar-refractivity contribution in [1.29, 1.82) is 0 Å². The third-order valence-electron chi connectivity index (χ3n) is 6.95. The van der Waals surface area contributed by atoms with Crippen LogP contribution in [0, 0.1) is 5.82 Å². The lowest BCUT2D eigenvalue weighted by Gasteiger charge is -2.37. The molecule has 204 valence electrons. The van der Waals surface area contributed by atoms with Gasteiger partial charge < -0.3 is 35.3 Å². The maximum Gasteiger partial charge on any atom is 0.323 e. The SMILES string of the molecule is COc1ccc(NC(=O)Nc2ccc3c(c2)[C@H]2C[C@H](CC(=O)NCc4ccccc4F)O[C@@H](CO)[C@H]2O3)cc1. The largest absolute Gasteiger partial charge is 0.497 e. The van der Waals surface area contributed by atoms with Crippen molar-refractivity contribution < 1.29 is 33.3 Å². The zero-order valence-corrected chi connectivity index (χ0v) is 21.4. The summed E-state index contributed by atoms with van der Waals surface area (Å²) >= 11 is 0. The van der Waals surface area contributed by atoms with Crippen molar-refractivity contribution in [3.8, 4) is 11.5 Å². The number of amides is 3. The van der Waals surface area contributed by atoms with Gasteiger partial charge in [0, 0.05) is 35.0 Å². The van der Waals surface area contributed by atoms with E-state index in [0.29, 0.717) is 34.9 Å². The Morgan fingerprint density at radius 3 is 2.54 bits per heavy atom. The molecular weight excluding hydrogens is 505 g/mol. The highest BCUT2D eigenvalue weighted by Gasteiger charge is 2.46. The van der Waals surface area contributed by atoms with Crippen LogP contribution in [0.1, 0.15) is 29.9 Å². The van der Waals surface area contributed by atoms with Crippen LogP contribution in [0.3, 0.4) is 0 Å². The van der Waals surface area contributed by atoms with E-state index in [1.165, 1.54) is 6.07 Å². The molecule has 0 spiro atoms. The summed E-state index contributed by atoms with van der Waals surface area (Å²) in [5.74, 6) is 0.548. The van der Waals surface area contributed by atoms with E-state index in [1.54, 1.807) is 61.7 Å². The smallest absolute Gasteiger partial charge is 0.323 e. The summed E-state index contributed by atoms with van der Waals surface area (Å²) in [6, 6.07) is 18.2. The van der Waals surface area contributed by atoms with E-state index in [1.807, 2.05) is 6.07 Å². The number of nitrogens with one attached hydrogen (secondary N) is 3. The molecule has 2 aliphatic rings. The molecule has 10 heteroatoms. The summed E-state index contributed by atoms with van der Waals surface area (Å²) in [6.45, 7) is -0.189. The number of aliphatic hydroxyl groups is 1. The first-order valence-corrected chi connectivity index (χ1v) is 12.7. The predicted octanol–water partition coefficient (Wildman–Crippen LogP) is 4.18. The van der Waals surface area contributed by atoms with Gasteiger partial charge in [0.1, 0.15) is 29.5 Å². The van der Waals surface area contributed by atoms with Crippen LogP contribution in [-0.4, -0.2) is 49.1 Å². The number of fused-ring (bicyclic) bond motifs is 3. The lowest BCUT2D eigenvalue weighted by molar-refractivity contribution is -0.142. The number of benzene rings is 3. The Hall–Kier alpha value is -4.15. The number of ether oxygens (including phenoxy) is 3. The average Bonchev–Trinajstić information content (AvgIpc) is 3.30. The van der Waals surface area contributed by atoms with E-state index in [2.05, 4.69) is 16.0 Å². The van der Waals surface area contributed by atoms with E-state index in [-0.39, 0.29) is 37.2 Å². The van der Waals surface area contributed by atoms with Gasteiger partial charge in [-0.3, -0.25) is 4.79 Å². The summed E-state index contributed by atoms with van der Waals surface area (Å²) in [5, 5.41) is 18.3. The first-order valence-electron chi connectivity index (χ1n) is 12.7. The minimum Gasteiger partial charge on any atom is -0.497 e. The number of aliphatic hydroxyl groups excluding tert-OH is 1. The lowest BCUT2D eigenvalue weighted by Crippen LogP contribution is -2.47. The quantitative estimate of drug-likeness (QED) is 0.344. The highest BCUT2D eigenvalue weighted by atomic mass is 19.1. The number of hydrogen-bond donors (Lipinski definition) is 4. The molecule has 3 aromatic rings. The van der Waals surface area contributed by atoms with Crippen molar-refractivity contribution in [2.75, 3.05) is 24.4 Å². The van der Waals surface area contributed by atoms with E-state index in [0.717, 1.165) is 5.56 Å². The number of hydrogen-bond acceptors (Lipinski definition) is 6. The fraction of sp³-hybridized carbons (Fsp3) is 0.310. The Balaban J connectivity index is 1.22. The normalized spacial score (nSPS) is 21.2. The summed E-state index contributed by atoms with van der Waals surface area (Å²) in [4.78, 5) is 25.2. The van der Waals surface area contributed by atoms with Gasteiger partial charge in [-0.2, -0.15) is 0 Å². The molecule has 0 bridgehead atoms. The number of carbonyl (C=O) groups excluding carboxylic acids is 2. The number of carbonyl (C=O) groups is 2. The van der Waals surface area contributed by atoms with E-state index < -0.39 is 24.3 Å². The Morgan fingerprint density at radius 1 is 1.05 bits per heavy atom. The third-order valence-corrected chi connectivity index (χ3v) is 6.95. The number of rotatable bonds is 8. The molecule has 39 heavy (non-hydrogen) atoms. The van der Waals surface area contributed by atoms with Crippen LogP contribution in [0.4, 0.5) is 20.6 Å². The second-order valence-corrected chi connectivity index (χ2v) is 9.54. The molecule has 5 rings (SSSR count). The van der Waals surface area contributed by atoms with Crippen LogP contribution < -0.4 is 25.4 Å². The van der Waals surface area contributed by atoms with E-state index in [9.17, 15) is 19.1 Å². The third kappa shape index (κ3) is 6.13. The van der Waals surface area contributed by atoms with Crippen LogP contribution in [0.5, 0.6) is 11.5 Å². The molecule has 3 amide bonds. The maximum absolute atomic E-state index is 13.9. The summed E-state index contributed by atoms with van der Waals surface area (Å²) < 4.78 is 31.1. The standard InChI is InChI=1S/C29H30FN3O6/c1-37-20-9-6-18(7-10-20)32-29(36)33-19-8-11-25-22(12-19)23-13-21(38-26(16-34)28(23)39-25)14-27(35)31-15-17-4-2-3-5-24(17)30/h2-12,21,23,26,28,34H,13-16H2,1H3,(H,31,35)(H2,32,33,36)/t21-,23-,26+,28+/m1/s1. The second kappa shape index (κ2) is 11.7. The molecule has 0 aliphatic carbocycles. The van der Waals surface area contributed by atoms with Gasteiger partial charge in [0.2, 0.25) is 5.91 Å². The lowest BCUT2D eigenvalue weighted by atomic mass is 9.84. The molecule has 3 aromatic carbocycles. The van der Waals surface area contributed by atoms with Crippen LogP contribution in [0.15, 0.2) is 66.7 Å². The van der Waals surface area contributed by atoms with Crippen molar-refractivity contribution in [2.45, 2.75) is 43.6 Å². The van der Waals surface area contributed by atoms with Crippen molar-refractivity contribution in [1.82, 2.24) is 5.32 Å². The minimum atomic E-state index is -0.615. The van der Waals surface area contributed by atoms with Gasteiger partial charge >= 0.3 is 6.03 Å². The molecular formula is C29H30FN3O6. The van der Waals surface area contributed by atoms with Crippen LogP contribution >= 0.6 is 0 Å². The van der Waals surface area contributed by atoms with Crippen molar-refractivity contribution in [3.05, 3.63) is 83.7 Å². The fourth-order valence-corrected chi connectivity index (χ4v) is 5.05. The zero-order valence-electron chi connectivity index (χ0n) is 21.4. The van der Waals surface area contributed by atoms with Crippen LogP contribution in [0.2, 0.25) is 0 Å². The van der Waals surface area contributed by atoms with Crippen molar-refractivity contribution >= 4 is 23.3 Å². The summed E-state index contributed by atoms with van der Waals surface area (Å²) in [5.41, 5.74) is 2.47. The second-order valence-electron chi connectivity index (χ2n) is 9.54. The Labute approximate surface area is 225 Å². The van der Waals surface area contributed by atoms with Crippen LogP contribution in [-0.2, 0) is 16.1 Å². The number of halogens is 1. The Kier molecular flexibility index (Phi) is 7.94. The molecule has 9 nitrogen and oxygen atoms in total. The fourth-order valence-electron chi connectivity index (χ4n) is 5.05. The van der Waals surface area contributed by atoms with Gasteiger partial charge in [-0.25, -0.2) is 9.18 Å². The number of anilines is 2. The number of methoxy groups -OCH3 is 1. The summed E-state index contributed by atoms with van der Waals surface area (Å²) in [6.07, 6.45) is -0.941. The maximum atomic E-state index is 13.9. The van der Waals surface area contributed by atoms with Crippen molar-refractivity contribution in [2.24, 2.45) is 0 Å². The molecule has 0 radical (unpaired) electrons. The molecule has 1 fully saturated rings. The van der Waals surface area contributed by atoms with Gasteiger partial charge in [0.05, 0.1) is 26.2 Å². The molecule has 1 saturated heterocycles. The average molecular weight is 536 g/mol. The molecule has 2 heterocycles. The van der Waals surface area contributed by atoms with Crippen LogP contribution in [0.25, 0.3) is 0 Å². The molecule has 0 saturated carbocycles. The molecule has 0 unspecified atom stereocenters. The number of urea groups is 1. The molecule has 4 N–H and O–H groups in total.